The van der Waals surface area contributed by atoms with Crippen molar-refractivity contribution in [3.05, 3.63) is 40.7 Å². The molecule has 160 valence electrons. The van der Waals surface area contributed by atoms with E-state index in [1.807, 2.05) is 4.90 Å². The van der Waals surface area contributed by atoms with Crippen molar-refractivity contribution < 1.29 is 18.8 Å². The number of likely N-dealkylation sites (tertiary alicyclic amines) is 1. The van der Waals surface area contributed by atoms with Crippen molar-refractivity contribution in [2.45, 2.75) is 44.4 Å². The first-order valence-corrected chi connectivity index (χ1v) is 10.8. The molecular weight excluding hydrogens is 406 g/mol. The van der Waals surface area contributed by atoms with Gasteiger partial charge in [-0.15, -0.1) is 0 Å². The predicted molar refractivity (Wildman–Crippen MR) is 113 cm³/mol. The number of carbonyl (C=O) groups excluding carboxylic acids is 2. The second-order valence-electron chi connectivity index (χ2n) is 8.00. The molecule has 0 bridgehead atoms. The van der Waals surface area contributed by atoms with E-state index in [-0.39, 0.29) is 23.5 Å². The quantitative estimate of drug-likeness (QED) is 0.754. The number of rotatable bonds is 5. The molecule has 8 heteroatoms. The van der Waals surface area contributed by atoms with Crippen LogP contribution in [0.5, 0.6) is 5.75 Å². The van der Waals surface area contributed by atoms with Gasteiger partial charge >= 0.3 is 0 Å². The van der Waals surface area contributed by atoms with Crippen molar-refractivity contribution in [1.82, 2.24) is 10.1 Å². The zero-order chi connectivity index (χ0) is 21.1. The Bertz CT molecular complexity index is 915. The molecule has 1 aromatic carbocycles. The monoisotopic (exact) mass is 431 g/mol. The number of methoxy groups -OCH3 is 1. The van der Waals surface area contributed by atoms with Crippen molar-refractivity contribution in [1.29, 1.82) is 0 Å². The molecule has 4 rings (SSSR count). The van der Waals surface area contributed by atoms with Gasteiger partial charge in [-0.1, -0.05) is 29.6 Å². The van der Waals surface area contributed by atoms with E-state index in [9.17, 15) is 9.59 Å². The van der Waals surface area contributed by atoms with Crippen molar-refractivity contribution in [2.75, 3.05) is 25.5 Å². The first kappa shape index (κ1) is 20.7. The van der Waals surface area contributed by atoms with E-state index < -0.39 is 0 Å². The van der Waals surface area contributed by atoms with Crippen LogP contribution in [-0.4, -0.2) is 42.1 Å². The Kier molecular flexibility index (Phi) is 6.27. The third kappa shape index (κ3) is 4.46. The number of nitrogens with one attached hydrogen (secondary N) is 1. The zero-order valence-electron chi connectivity index (χ0n) is 17.0. The fourth-order valence-corrected chi connectivity index (χ4v) is 4.61. The van der Waals surface area contributed by atoms with E-state index in [1.54, 1.807) is 24.3 Å². The SMILES string of the molecule is COc1ccc(NC(=O)c2cc(C3CCN(C(=O)C4CCCC4)CC3)no2)cc1Cl. The van der Waals surface area contributed by atoms with E-state index in [2.05, 4.69) is 10.5 Å². The molecule has 1 aliphatic carbocycles. The summed E-state index contributed by atoms with van der Waals surface area (Å²) in [6.45, 7) is 1.47. The molecule has 1 saturated carbocycles. The first-order valence-electron chi connectivity index (χ1n) is 10.5. The molecule has 1 aromatic heterocycles. The molecule has 2 amide bonds. The molecule has 0 unspecified atom stereocenters. The number of anilines is 1. The molecule has 1 saturated heterocycles. The maximum atomic E-state index is 12.6. The van der Waals surface area contributed by atoms with Crippen LogP contribution in [0.15, 0.2) is 28.8 Å². The first-order chi connectivity index (χ1) is 14.5. The lowest BCUT2D eigenvalue weighted by molar-refractivity contribution is -0.136. The van der Waals surface area contributed by atoms with Crippen LogP contribution in [0.25, 0.3) is 0 Å². The van der Waals surface area contributed by atoms with Crippen molar-refractivity contribution in [3.63, 3.8) is 0 Å². The van der Waals surface area contributed by atoms with Gasteiger partial charge in [-0.2, -0.15) is 0 Å². The normalized spacial score (nSPS) is 17.9. The molecule has 2 fully saturated rings. The number of amides is 2. The van der Waals surface area contributed by atoms with Gasteiger partial charge in [0.2, 0.25) is 11.7 Å². The van der Waals surface area contributed by atoms with Gasteiger partial charge in [0, 0.05) is 36.7 Å². The fraction of sp³-hybridized carbons (Fsp3) is 0.500. The third-order valence-corrected chi connectivity index (χ3v) is 6.39. The van der Waals surface area contributed by atoms with E-state index in [0.29, 0.717) is 22.4 Å². The number of nitrogens with zero attached hydrogens (tertiary/aromatic N) is 2. The minimum atomic E-state index is -0.385. The summed E-state index contributed by atoms with van der Waals surface area (Å²) < 4.78 is 10.4. The summed E-state index contributed by atoms with van der Waals surface area (Å²) in [6.07, 6.45) is 6.05. The molecule has 2 heterocycles. The number of hydrogen-bond acceptors (Lipinski definition) is 5. The number of aromatic nitrogens is 1. The fourth-order valence-electron chi connectivity index (χ4n) is 4.35. The number of carbonyl (C=O) groups is 2. The lowest BCUT2D eigenvalue weighted by atomic mass is 9.92. The summed E-state index contributed by atoms with van der Waals surface area (Å²) in [5, 5.41) is 7.27. The van der Waals surface area contributed by atoms with E-state index >= 15 is 0 Å². The molecule has 2 aliphatic rings. The average molecular weight is 432 g/mol. The Hall–Kier alpha value is -2.54. The molecule has 1 aliphatic heterocycles. The van der Waals surface area contributed by atoms with Crippen molar-refractivity contribution in [3.8, 4) is 5.75 Å². The van der Waals surface area contributed by atoms with E-state index in [1.165, 1.54) is 20.0 Å². The van der Waals surface area contributed by atoms with Crippen molar-refractivity contribution in [2.24, 2.45) is 5.92 Å². The Morgan fingerprint density at radius 1 is 1.17 bits per heavy atom. The summed E-state index contributed by atoms with van der Waals surface area (Å²) in [5.74, 6) is 1.03. The van der Waals surface area contributed by atoms with Crippen LogP contribution in [0, 0.1) is 5.92 Å². The summed E-state index contributed by atoms with van der Waals surface area (Å²) in [4.78, 5) is 27.1. The Balaban J connectivity index is 1.33. The number of hydrogen-bond donors (Lipinski definition) is 1. The van der Waals surface area contributed by atoms with Gasteiger partial charge in [-0.05, 0) is 43.9 Å². The standard InChI is InChI=1S/C22H26ClN3O4/c1-29-19-7-6-16(12-17(19)23)24-21(27)20-13-18(25-30-20)14-8-10-26(11-9-14)22(28)15-4-2-3-5-15/h6-7,12-15H,2-5,8-11H2,1H3,(H,24,27). The number of ether oxygens (including phenoxy) is 1. The molecule has 7 nitrogen and oxygen atoms in total. The molecule has 30 heavy (non-hydrogen) atoms. The van der Waals surface area contributed by atoms with Crippen LogP contribution in [0.2, 0.25) is 5.02 Å². The van der Waals surface area contributed by atoms with Gasteiger partial charge in [0.05, 0.1) is 17.8 Å². The summed E-state index contributed by atoms with van der Waals surface area (Å²) in [6, 6.07) is 6.70. The van der Waals surface area contributed by atoms with Gasteiger partial charge in [-0.3, -0.25) is 9.59 Å². The van der Waals surface area contributed by atoms with Gasteiger partial charge < -0.3 is 19.5 Å². The molecule has 0 atom stereocenters. The van der Waals surface area contributed by atoms with E-state index in [0.717, 1.165) is 44.5 Å². The van der Waals surface area contributed by atoms with Gasteiger partial charge in [0.15, 0.2) is 0 Å². The highest BCUT2D eigenvalue weighted by Gasteiger charge is 2.31. The van der Waals surface area contributed by atoms with Crippen LogP contribution >= 0.6 is 11.6 Å². The minimum absolute atomic E-state index is 0.154. The molecule has 0 radical (unpaired) electrons. The van der Waals surface area contributed by atoms with Crippen LogP contribution in [0.3, 0.4) is 0 Å². The number of piperidine rings is 1. The highest BCUT2D eigenvalue weighted by atomic mass is 35.5. The predicted octanol–water partition coefficient (Wildman–Crippen LogP) is 4.49. The van der Waals surface area contributed by atoms with Crippen LogP contribution in [0.1, 0.15) is 60.7 Å². The maximum absolute atomic E-state index is 12.6. The topological polar surface area (TPSA) is 84.7 Å². The summed E-state index contributed by atoms with van der Waals surface area (Å²) >= 11 is 6.10. The molecular formula is C22H26ClN3O4. The second-order valence-corrected chi connectivity index (χ2v) is 8.41. The molecule has 0 spiro atoms. The highest BCUT2D eigenvalue weighted by Crippen LogP contribution is 2.32. The van der Waals surface area contributed by atoms with E-state index in [4.69, 9.17) is 20.9 Å². The number of benzene rings is 1. The Morgan fingerprint density at radius 2 is 1.90 bits per heavy atom. The van der Waals surface area contributed by atoms with Crippen molar-refractivity contribution >= 4 is 29.1 Å². The third-order valence-electron chi connectivity index (χ3n) is 6.09. The van der Waals surface area contributed by atoms with Crippen LogP contribution < -0.4 is 10.1 Å². The highest BCUT2D eigenvalue weighted by molar-refractivity contribution is 6.32. The van der Waals surface area contributed by atoms with Gasteiger partial charge in [0.1, 0.15) is 5.75 Å². The lowest BCUT2D eigenvalue weighted by Crippen LogP contribution is -2.40. The smallest absolute Gasteiger partial charge is 0.294 e. The molecule has 1 N–H and O–H groups in total. The number of halogens is 1. The Morgan fingerprint density at radius 3 is 2.57 bits per heavy atom. The second kappa shape index (κ2) is 9.08. The van der Waals surface area contributed by atoms with Gasteiger partial charge in [0.25, 0.3) is 5.91 Å². The Labute approximate surface area is 180 Å². The maximum Gasteiger partial charge on any atom is 0.294 e. The summed E-state index contributed by atoms with van der Waals surface area (Å²) in [7, 11) is 1.53. The average Bonchev–Trinajstić information content (AvgIpc) is 3.46. The van der Waals surface area contributed by atoms with Crippen LogP contribution in [-0.2, 0) is 4.79 Å². The largest absolute Gasteiger partial charge is 0.495 e. The van der Waals surface area contributed by atoms with Gasteiger partial charge in [-0.25, -0.2) is 0 Å². The lowest BCUT2D eigenvalue weighted by Gasteiger charge is -2.32. The van der Waals surface area contributed by atoms with Crippen LogP contribution in [0.4, 0.5) is 5.69 Å². The zero-order valence-corrected chi connectivity index (χ0v) is 17.8. The minimum Gasteiger partial charge on any atom is -0.495 e. The molecule has 2 aromatic rings. The summed E-state index contributed by atoms with van der Waals surface area (Å²) in [5.41, 5.74) is 1.31.